The summed E-state index contributed by atoms with van der Waals surface area (Å²) < 4.78 is 52.2. The van der Waals surface area contributed by atoms with Gasteiger partial charge in [0.15, 0.2) is 6.61 Å². The molecule has 0 saturated carbocycles. The van der Waals surface area contributed by atoms with Crippen LogP contribution in [0.15, 0.2) is 114 Å². The van der Waals surface area contributed by atoms with Crippen LogP contribution in [0.25, 0.3) is 0 Å². The number of hydrogen-bond donors (Lipinski definition) is 1. The van der Waals surface area contributed by atoms with E-state index in [9.17, 15) is 22.4 Å². The second-order valence-corrected chi connectivity index (χ2v) is 12.8. The van der Waals surface area contributed by atoms with Gasteiger partial charge >= 0.3 is 0 Å². The van der Waals surface area contributed by atoms with Crippen molar-refractivity contribution < 1.29 is 31.9 Å². The number of amides is 2. The second kappa shape index (κ2) is 15.6. The zero-order valence-corrected chi connectivity index (χ0v) is 26.1. The zero-order chi connectivity index (χ0) is 32.4. The summed E-state index contributed by atoms with van der Waals surface area (Å²) in [5.74, 6) is -0.930. The number of benzene rings is 4. The molecule has 46 heavy (non-hydrogen) atoms. The van der Waals surface area contributed by atoms with Gasteiger partial charge in [-0.1, -0.05) is 72.8 Å². The number of carbonyl (C=O) groups is 2. The molecule has 11 heteroatoms. The van der Waals surface area contributed by atoms with Crippen molar-refractivity contribution in [3.63, 3.8) is 0 Å². The Morgan fingerprint density at radius 1 is 0.826 bits per heavy atom. The number of morpholine rings is 1. The molecule has 4 aromatic carbocycles. The van der Waals surface area contributed by atoms with Gasteiger partial charge in [-0.2, -0.15) is 4.31 Å². The molecule has 0 aromatic heterocycles. The quantitative estimate of drug-likeness (QED) is 0.234. The molecule has 5 rings (SSSR count). The predicted octanol–water partition coefficient (Wildman–Crippen LogP) is 4.18. The smallest absolute Gasteiger partial charge is 0.261 e. The van der Waals surface area contributed by atoms with E-state index in [1.165, 1.54) is 45.6 Å². The molecule has 0 bridgehead atoms. The molecule has 1 aliphatic heterocycles. The highest BCUT2D eigenvalue weighted by Gasteiger charge is 2.31. The van der Waals surface area contributed by atoms with Crippen LogP contribution in [0.3, 0.4) is 0 Å². The van der Waals surface area contributed by atoms with Crippen molar-refractivity contribution in [2.45, 2.75) is 30.4 Å². The van der Waals surface area contributed by atoms with Crippen molar-refractivity contribution in [3.05, 3.63) is 132 Å². The largest absolute Gasteiger partial charge is 0.484 e. The lowest BCUT2D eigenvalue weighted by molar-refractivity contribution is -0.142. The van der Waals surface area contributed by atoms with Crippen LogP contribution in [-0.4, -0.2) is 68.4 Å². The van der Waals surface area contributed by atoms with Gasteiger partial charge in [0.05, 0.1) is 18.1 Å². The van der Waals surface area contributed by atoms with E-state index in [1.807, 2.05) is 60.7 Å². The normalized spacial score (nSPS) is 14.3. The van der Waals surface area contributed by atoms with Gasteiger partial charge in [0.1, 0.15) is 17.6 Å². The summed E-state index contributed by atoms with van der Waals surface area (Å²) in [5.41, 5.74) is 2.41. The summed E-state index contributed by atoms with van der Waals surface area (Å²) >= 11 is 0. The van der Waals surface area contributed by atoms with Crippen LogP contribution >= 0.6 is 0 Å². The summed E-state index contributed by atoms with van der Waals surface area (Å²) in [5, 5.41) is 2.97. The number of hydrogen-bond acceptors (Lipinski definition) is 6. The third-order valence-corrected chi connectivity index (χ3v) is 9.55. The molecular weight excluding hydrogens is 609 g/mol. The number of rotatable bonds is 13. The molecule has 0 spiro atoms. The summed E-state index contributed by atoms with van der Waals surface area (Å²) in [4.78, 5) is 29.2. The van der Waals surface area contributed by atoms with Crippen molar-refractivity contribution in [1.82, 2.24) is 14.5 Å². The van der Waals surface area contributed by atoms with E-state index >= 15 is 0 Å². The molecule has 1 aliphatic rings. The van der Waals surface area contributed by atoms with Gasteiger partial charge in [0.25, 0.3) is 5.91 Å². The van der Waals surface area contributed by atoms with Crippen LogP contribution < -0.4 is 10.1 Å². The Labute approximate surface area is 268 Å². The summed E-state index contributed by atoms with van der Waals surface area (Å²) in [6.07, 6.45) is 0.239. The lowest BCUT2D eigenvalue weighted by Crippen LogP contribution is -2.51. The first-order valence-corrected chi connectivity index (χ1v) is 16.4. The van der Waals surface area contributed by atoms with Crippen LogP contribution in [0.4, 0.5) is 4.39 Å². The number of nitrogens with one attached hydrogen (secondary N) is 1. The van der Waals surface area contributed by atoms with Crippen molar-refractivity contribution in [2.75, 3.05) is 32.9 Å². The van der Waals surface area contributed by atoms with Gasteiger partial charge in [0, 0.05) is 32.6 Å². The standard InChI is InChI=1S/C35H36FN3O6S/c36-30-13-11-29(12-14-30)25-39(33(23-27-7-3-1-4-8-27)35(41)37-24-28-9-5-2-6-10-28)34(40)26-45-31-15-17-32(18-16-31)46(42,43)38-19-21-44-22-20-38/h1-18,33H,19-26H2,(H,37,41)/t33-/m0/s1. The number of nitrogens with zero attached hydrogens (tertiary/aromatic N) is 2. The first-order chi connectivity index (χ1) is 22.3. The second-order valence-electron chi connectivity index (χ2n) is 10.8. The minimum atomic E-state index is -3.69. The predicted molar refractivity (Wildman–Crippen MR) is 171 cm³/mol. The Bertz CT molecular complexity index is 1680. The highest BCUT2D eigenvalue weighted by molar-refractivity contribution is 7.89. The Balaban J connectivity index is 1.35. The van der Waals surface area contributed by atoms with E-state index in [-0.39, 0.29) is 43.4 Å². The first-order valence-electron chi connectivity index (χ1n) is 15.0. The third kappa shape index (κ3) is 8.78. The highest BCUT2D eigenvalue weighted by atomic mass is 32.2. The molecule has 1 saturated heterocycles. The van der Waals surface area contributed by atoms with Gasteiger partial charge in [-0.05, 0) is 53.1 Å². The summed E-state index contributed by atoms with van der Waals surface area (Å²) in [6.45, 7) is 1.15. The van der Waals surface area contributed by atoms with Crippen molar-refractivity contribution in [2.24, 2.45) is 0 Å². The molecule has 1 N–H and O–H groups in total. The van der Waals surface area contributed by atoms with E-state index in [2.05, 4.69) is 5.32 Å². The molecule has 0 aliphatic carbocycles. The molecule has 0 unspecified atom stereocenters. The molecule has 2 amide bonds. The summed E-state index contributed by atoms with van der Waals surface area (Å²) in [7, 11) is -3.69. The molecule has 4 aromatic rings. The van der Waals surface area contributed by atoms with Crippen molar-refractivity contribution in [3.8, 4) is 5.75 Å². The molecule has 1 atom stereocenters. The Morgan fingerprint density at radius 3 is 2.07 bits per heavy atom. The Kier molecular flexibility index (Phi) is 11.1. The van der Waals surface area contributed by atoms with Crippen LogP contribution in [0.2, 0.25) is 0 Å². The average Bonchev–Trinajstić information content (AvgIpc) is 3.10. The van der Waals surface area contributed by atoms with E-state index in [4.69, 9.17) is 9.47 Å². The molecule has 1 fully saturated rings. The van der Waals surface area contributed by atoms with Gasteiger partial charge in [-0.25, -0.2) is 12.8 Å². The maximum Gasteiger partial charge on any atom is 0.261 e. The lowest BCUT2D eigenvalue weighted by atomic mass is 10.0. The first kappa shape index (κ1) is 32.8. The van der Waals surface area contributed by atoms with Gasteiger partial charge in [-0.15, -0.1) is 0 Å². The zero-order valence-electron chi connectivity index (χ0n) is 25.3. The van der Waals surface area contributed by atoms with Gasteiger partial charge < -0.3 is 19.7 Å². The third-order valence-electron chi connectivity index (χ3n) is 7.64. The SMILES string of the molecule is O=C(NCc1ccccc1)[C@H](Cc1ccccc1)N(Cc1ccc(F)cc1)C(=O)COc1ccc(S(=O)(=O)N2CCOCC2)cc1. The van der Waals surface area contributed by atoms with Crippen molar-refractivity contribution in [1.29, 1.82) is 0 Å². The molecule has 1 heterocycles. The van der Waals surface area contributed by atoms with Crippen LogP contribution in [0, 0.1) is 5.82 Å². The van der Waals surface area contributed by atoms with Crippen molar-refractivity contribution >= 4 is 21.8 Å². The van der Waals surface area contributed by atoms with Gasteiger partial charge in [0.2, 0.25) is 15.9 Å². The maximum atomic E-state index is 13.9. The number of ether oxygens (including phenoxy) is 2. The Morgan fingerprint density at radius 2 is 1.43 bits per heavy atom. The fraction of sp³-hybridized carbons (Fsp3) is 0.257. The van der Waals surface area contributed by atoms with Crippen LogP contribution in [0.5, 0.6) is 5.75 Å². The topological polar surface area (TPSA) is 105 Å². The minimum absolute atomic E-state index is 0.0372. The van der Waals surface area contributed by atoms with E-state index < -0.39 is 34.4 Å². The number of sulfonamides is 1. The molecule has 240 valence electrons. The Hall–Kier alpha value is -4.58. The number of carbonyl (C=O) groups excluding carboxylic acids is 2. The highest BCUT2D eigenvalue weighted by Crippen LogP contribution is 2.21. The van der Waals surface area contributed by atoms with E-state index in [1.54, 1.807) is 12.1 Å². The average molecular weight is 646 g/mol. The minimum Gasteiger partial charge on any atom is -0.484 e. The van der Waals surface area contributed by atoms with Crippen LogP contribution in [0.1, 0.15) is 16.7 Å². The summed E-state index contributed by atoms with van der Waals surface area (Å²) in [6, 6.07) is 29.6. The lowest BCUT2D eigenvalue weighted by Gasteiger charge is -2.31. The van der Waals surface area contributed by atoms with E-state index in [0.29, 0.717) is 24.5 Å². The maximum absolute atomic E-state index is 13.9. The number of halogens is 1. The molecule has 9 nitrogen and oxygen atoms in total. The van der Waals surface area contributed by atoms with Gasteiger partial charge in [-0.3, -0.25) is 9.59 Å². The molecule has 0 radical (unpaired) electrons. The fourth-order valence-electron chi connectivity index (χ4n) is 5.12. The monoisotopic (exact) mass is 645 g/mol. The van der Waals surface area contributed by atoms with E-state index in [0.717, 1.165) is 11.1 Å². The molecular formula is C35H36FN3O6S. The van der Waals surface area contributed by atoms with Crippen LogP contribution in [-0.2, 0) is 43.9 Å². The fourth-order valence-corrected chi connectivity index (χ4v) is 6.52.